The highest BCUT2D eigenvalue weighted by Crippen LogP contribution is 2.37. The van der Waals surface area contributed by atoms with E-state index in [-0.39, 0.29) is 5.97 Å². The third-order valence-corrected chi connectivity index (χ3v) is 3.14. The molecule has 2 heteroatoms. The van der Waals surface area contributed by atoms with Gasteiger partial charge in [-0.1, -0.05) is 26.8 Å². The zero-order valence-corrected chi connectivity index (χ0v) is 10.3. The van der Waals surface area contributed by atoms with Crippen molar-refractivity contribution < 1.29 is 9.53 Å². The lowest BCUT2D eigenvalue weighted by Gasteiger charge is -2.33. The SMILES string of the molecule is CC(=O)OCC1=CCCC(C(C)(C)C)C1. The highest BCUT2D eigenvalue weighted by molar-refractivity contribution is 5.66. The quantitative estimate of drug-likeness (QED) is 0.516. The molecule has 1 unspecified atom stereocenters. The summed E-state index contributed by atoms with van der Waals surface area (Å²) < 4.78 is 5.04. The molecular weight excluding hydrogens is 188 g/mol. The van der Waals surface area contributed by atoms with Crippen molar-refractivity contribution in [2.24, 2.45) is 11.3 Å². The van der Waals surface area contributed by atoms with Gasteiger partial charge in [-0.3, -0.25) is 4.79 Å². The van der Waals surface area contributed by atoms with Gasteiger partial charge >= 0.3 is 5.97 Å². The average Bonchev–Trinajstić information content (AvgIpc) is 2.14. The molecule has 2 nitrogen and oxygen atoms in total. The Balaban J connectivity index is 2.48. The van der Waals surface area contributed by atoms with Gasteiger partial charge in [0.1, 0.15) is 6.61 Å². The molecule has 0 radical (unpaired) electrons. The maximum atomic E-state index is 10.7. The van der Waals surface area contributed by atoms with Crippen LogP contribution in [0.2, 0.25) is 0 Å². The van der Waals surface area contributed by atoms with Crippen LogP contribution in [0.1, 0.15) is 47.0 Å². The maximum Gasteiger partial charge on any atom is 0.302 e. The molecule has 0 fully saturated rings. The Morgan fingerprint density at radius 2 is 2.20 bits per heavy atom. The summed E-state index contributed by atoms with van der Waals surface area (Å²) >= 11 is 0. The first kappa shape index (κ1) is 12.3. The Kier molecular flexibility index (Phi) is 3.95. The molecule has 86 valence electrons. The fourth-order valence-electron chi connectivity index (χ4n) is 2.04. The van der Waals surface area contributed by atoms with Crippen LogP contribution in [0.4, 0.5) is 0 Å². The van der Waals surface area contributed by atoms with E-state index >= 15 is 0 Å². The van der Waals surface area contributed by atoms with Gasteiger partial charge < -0.3 is 4.74 Å². The second-order valence-electron chi connectivity index (χ2n) is 5.49. The van der Waals surface area contributed by atoms with Crippen molar-refractivity contribution in [3.05, 3.63) is 11.6 Å². The summed E-state index contributed by atoms with van der Waals surface area (Å²) in [5, 5.41) is 0. The molecule has 0 heterocycles. The topological polar surface area (TPSA) is 26.3 Å². The third-order valence-electron chi connectivity index (χ3n) is 3.14. The minimum absolute atomic E-state index is 0.186. The average molecular weight is 210 g/mol. The summed E-state index contributed by atoms with van der Waals surface area (Å²) in [6.45, 7) is 8.80. The molecule has 0 aliphatic heterocycles. The number of allylic oxidation sites excluding steroid dienone is 1. The first-order valence-electron chi connectivity index (χ1n) is 5.71. The fourth-order valence-corrected chi connectivity index (χ4v) is 2.04. The summed E-state index contributed by atoms with van der Waals surface area (Å²) in [4.78, 5) is 10.7. The van der Waals surface area contributed by atoms with Crippen molar-refractivity contribution in [1.82, 2.24) is 0 Å². The van der Waals surface area contributed by atoms with Gasteiger partial charge in [0.2, 0.25) is 0 Å². The maximum absolute atomic E-state index is 10.7. The smallest absolute Gasteiger partial charge is 0.302 e. The second-order valence-corrected chi connectivity index (χ2v) is 5.49. The van der Waals surface area contributed by atoms with Gasteiger partial charge in [-0.25, -0.2) is 0 Å². The number of carbonyl (C=O) groups is 1. The van der Waals surface area contributed by atoms with Crippen LogP contribution >= 0.6 is 0 Å². The van der Waals surface area contributed by atoms with Gasteiger partial charge in [-0.05, 0) is 36.2 Å². The van der Waals surface area contributed by atoms with E-state index in [0.29, 0.717) is 17.9 Å². The molecule has 1 aliphatic carbocycles. The van der Waals surface area contributed by atoms with Crippen LogP contribution < -0.4 is 0 Å². The number of carbonyl (C=O) groups excluding carboxylic acids is 1. The van der Waals surface area contributed by atoms with E-state index in [9.17, 15) is 4.79 Å². The minimum Gasteiger partial charge on any atom is -0.461 e. The van der Waals surface area contributed by atoms with Crippen molar-refractivity contribution in [3.63, 3.8) is 0 Å². The molecule has 0 saturated carbocycles. The highest BCUT2D eigenvalue weighted by atomic mass is 16.5. The molecule has 0 N–H and O–H groups in total. The lowest BCUT2D eigenvalue weighted by atomic mass is 9.72. The van der Waals surface area contributed by atoms with Crippen molar-refractivity contribution in [1.29, 1.82) is 0 Å². The Morgan fingerprint density at radius 1 is 1.53 bits per heavy atom. The molecule has 0 amide bonds. The zero-order valence-electron chi connectivity index (χ0n) is 10.3. The third kappa shape index (κ3) is 4.06. The second kappa shape index (κ2) is 4.82. The van der Waals surface area contributed by atoms with E-state index < -0.39 is 0 Å². The number of rotatable bonds is 2. The Labute approximate surface area is 92.7 Å². The van der Waals surface area contributed by atoms with Crippen molar-refractivity contribution in [2.45, 2.75) is 47.0 Å². The van der Waals surface area contributed by atoms with Crippen LogP contribution in [0.25, 0.3) is 0 Å². The van der Waals surface area contributed by atoms with Gasteiger partial charge in [-0.15, -0.1) is 0 Å². The molecule has 0 saturated heterocycles. The van der Waals surface area contributed by atoms with Crippen LogP contribution in [0.3, 0.4) is 0 Å². The molecule has 0 bridgehead atoms. The van der Waals surface area contributed by atoms with Crippen molar-refractivity contribution in [3.8, 4) is 0 Å². The summed E-state index contributed by atoms with van der Waals surface area (Å²) in [6.07, 6.45) is 5.69. The number of hydrogen-bond acceptors (Lipinski definition) is 2. The Morgan fingerprint density at radius 3 is 2.73 bits per heavy atom. The van der Waals surface area contributed by atoms with Crippen LogP contribution in [0.5, 0.6) is 0 Å². The van der Waals surface area contributed by atoms with Crippen molar-refractivity contribution in [2.75, 3.05) is 6.61 Å². The molecule has 1 rings (SSSR count). The van der Waals surface area contributed by atoms with E-state index in [0.717, 1.165) is 12.8 Å². The lowest BCUT2D eigenvalue weighted by molar-refractivity contribution is -0.140. The number of hydrogen-bond donors (Lipinski definition) is 0. The van der Waals surface area contributed by atoms with E-state index in [4.69, 9.17) is 4.74 Å². The molecule has 0 aromatic heterocycles. The first-order valence-corrected chi connectivity index (χ1v) is 5.71. The summed E-state index contributed by atoms with van der Waals surface area (Å²) in [5.41, 5.74) is 1.65. The van der Waals surface area contributed by atoms with Gasteiger partial charge in [-0.2, -0.15) is 0 Å². The molecule has 1 atom stereocenters. The minimum atomic E-state index is -0.186. The van der Waals surface area contributed by atoms with E-state index in [1.165, 1.54) is 18.9 Å². The van der Waals surface area contributed by atoms with Gasteiger partial charge in [0, 0.05) is 6.92 Å². The normalized spacial score (nSPS) is 22.1. The summed E-state index contributed by atoms with van der Waals surface area (Å²) in [5.74, 6) is 0.529. The number of ether oxygens (including phenoxy) is 1. The largest absolute Gasteiger partial charge is 0.461 e. The van der Waals surface area contributed by atoms with E-state index in [1.807, 2.05) is 0 Å². The fraction of sp³-hybridized carbons (Fsp3) is 0.769. The van der Waals surface area contributed by atoms with Crippen LogP contribution in [-0.4, -0.2) is 12.6 Å². The standard InChI is InChI=1S/C13H22O2/c1-10(14)15-9-11-6-5-7-12(8-11)13(2,3)4/h6,12H,5,7-9H2,1-4H3. The Bertz CT molecular complexity index is 258. The summed E-state index contributed by atoms with van der Waals surface area (Å²) in [7, 11) is 0. The zero-order chi connectivity index (χ0) is 11.5. The van der Waals surface area contributed by atoms with E-state index in [2.05, 4.69) is 26.8 Å². The van der Waals surface area contributed by atoms with Crippen LogP contribution in [0.15, 0.2) is 11.6 Å². The van der Waals surface area contributed by atoms with Gasteiger partial charge in [0.25, 0.3) is 0 Å². The number of esters is 1. The van der Waals surface area contributed by atoms with Crippen LogP contribution in [-0.2, 0) is 9.53 Å². The van der Waals surface area contributed by atoms with Crippen LogP contribution in [0, 0.1) is 11.3 Å². The van der Waals surface area contributed by atoms with E-state index in [1.54, 1.807) is 0 Å². The van der Waals surface area contributed by atoms with Crippen molar-refractivity contribution >= 4 is 5.97 Å². The molecule has 0 aromatic carbocycles. The lowest BCUT2D eigenvalue weighted by Crippen LogP contribution is -2.24. The molecular formula is C13H22O2. The molecule has 1 aliphatic rings. The first-order chi connectivity index (χ1) is 6.89. The molecule has 0 aromatic rings. The van der Waals surface area contributed by atoms with Gasteiger partial charge in [0.15, 0.2) is 0 Å². The predicted octanol–water partition coefficient (Wildman–Crippen LogP) is 3.32. The highest BCUT2D eigenvalue weighted by Gasteiger charge is 2.27. The summed E-state index contributed by atoms with van der Waals surface area (Å²) in [6, 6.07) is 0. The Hall–Kier alpha value is -0.790. The van der Waals surface area contributed by atoms with Gasteiger partial charge in [0.05, 0.1) is 0 Å². The monoisotopic (exact) mass is 210 g/mol. The molecule has 0 spiro atoms. The molecule has 15 heavy (non-hydrogen) atoms. The predicted molar refractivity (Wildman–Crippen MR) is 61.5 cm³/mol.